The number of hydrogen-bond acceptors (Lipinski definition) is 2. The van der Waals surface area contributed by atoms with Gasteiger partial charge in [0, 0.05) is 19.5 Å². The van der Waals surface area contributed by atoms with Crippen LogP contribution in [0.4, 0.5) is 0 Å². The van der Waals surface area contributed by atoms with E-state index in [1.165, 1.54) is 6.42 Å². The van der Waals surface area contributed by atoms with Gasteiger partial charge in [0.2, 0.25) is 5.91 Å². The first-order valence-corrected chi connectivity index (χ1v) is 7.02. The van der Waals surface area contributed by atoms with E-state index in [1.807, 2.05) is 13.8 Å². The van der Waals surface area contributed by atoms with Crippen molar-refractivity contribution in [1.82, 2.24) is 4.90 Å². The predicted molar refractivity (Wildman–Crippen MR) is 70.3 cm³/mol. The highest BCUT2D eigenvalue weighted by Gasteiger charge is 2.37. The van der Waals surface area contributed by atoms with Crippen molar-refractivity contribution >= 4 is 11.9 Å². The number of hydrogen-bond donors (Lipinski definition) is 1. The monoisotopic (exact) mass is 255 g/mol. The van der Waals surface area contributed by atoms with E-state index in [4.69, 9.17) is 5.11 Å². The van der Waals surface area contributed by atoms with Gasteiger partial charge in [-0.05, 0) is 32.1 Å². The summed E-state index contributed by atoms with van der Waals surface area (Å²) >= 11 is 0. The summed E-state index contributed by atoms with van der Waals surface area (Å²) < 4.78 is 0. The van der Waals surface area contributed by atoms with Crippen molar-refractivity contribution in [3.05, 3.63) is 0 Å². The smallest absolute Gasteiger partial charge is 0.303 e. The van der Waals surface area contributed by atoms with Gasteiger partial charge in [-0.25, -0.2) is 0 Å². The quantitative estimate of drug-likeness (QED) is 0.793. The van der Waals surface area contributed by atoms with Crippen LogP contribution >= 0.6 is 0 Å². The highest BCUT2D eigenvalue weighted by molar-refractivity contribution is 5.78. The van der Waals surface area contributed by atoms with Crippen LogP contribution in [-0.2, 0) is 9.59 Å². The van der Waals surface area contributed by atoms with Crippen LogP contribution < -0.4 is 0 Å². The van der Waals surface area contributed by atoms with E-state index in [0.29, 0.717) is 19.5 Å². The van der Waals surface area contributed by atoms with Crippen LogP contribution in [0.15, 0.2) is 0 Å². The summed E-state index contributed by atoms with van der Waals surface area (Å²) in [7, 11) is 0. The van der Waals surface area contributed by atoms with Crippen molar-refractivity contribution in [2.75, 3.05) is 13.1 Å². The second kappa shape index (κ2) is 6.76. The minimum atomic E-state index is -0.774. The van der Waals surface area contributed by atoms with Gasteiger partial charge in [-0.15, -0.1) is 0 Å². The average molecular weight is 255 g/mol. The van der Waals surface area contributed by atoms with Gasteiger partial charge >= 0.3 is 5.97 Å². The first kappa shape index (κ1) is 15.0. The fourth-order valence-electron chi connectivity index (χ4n) is 3.05. The Bertz CT molecular complexity index is 291. The van der Waals surface area contributed by atoms with Crippen LogP contribution in [0.1, 0.15) is 58.8 Å². The zero-order valence-electron chi connectivity index (χ0n) is 11.6. The van der Waals surface area contributed by atoms with Crippen LogP contribution in [0.3, 0.4) is 0 Å². The number of rotatable bonds is 6. The Kier molecular flexibility index (Phi) is 5.63. The summed E-state index contributed by atoms with van der Waals surface area (Å²) in [5.74, 6) is -0.660. The maximum absolute atomic E-state index is 12.2. The topological polar surface area (TPSA) is 57.6 Å². The minimum absolute atomic E-state index is 0.114. The van der Waals surface area contributed by atoms with Gasteiger partial charge in [-0.2, -0.15) is 0 Å². The summed E-state index contributed by atoms with van der Waals surface area (Å²) in [5, 5.41) is 9.07. The molecule has 4 heteroatoms. The highest BCUT2D eigenvalue weighted by Crippen LogP contribution is 2.42. The molecule has 1 aliphatic rings. The van der Waals surface area contributed by atoms with Gasteiger partial charge in [-0.1, -0.05) is 19.3 Å². The molecule has 0 spiro atoms. The molecule has 1 N–H and O–H groups in total. The Labute approximate surface area is 109 Å². The van der Waals surface area contributed by atoms with Crippen LogP contribution in [-0.4, -0.2) is 35.0 Å². The molecule has 0 bridgehead atoms. The summed E-state index contributed by atoms with van der Waals surface area (Å²) in [6.07, 6.45) is 5.58. The maximum atomic E-state index is 12.2. The Morgan fingerprint density at radius 1 is 1.06 bits per heavy atom. The number of carboxylic acids is 1. The van der Waals surface area contributed by atoms with E-state index in [-0.39, 0.29) is 17.7 Å². The summed E-state index contributed by atoms with van der Waals surface area (Å²) in [6.45, 7) is 5.34. The Hall–Kier alpha value is -1.06. The van der Waals surface area contributed by atoms with Crippen molar-refractivity contribution in [2.45, 2.75) is 58.8 Å². The molecule has 1 amide bonds. The van der Waals surface area contributed by atoms with Crippen LogP contribution in [0, 0.1) is 5.41 Å². The summed E-state index contributed by atoms with van der Waals surface area (Å²) in [6, 6.07) is 0. The molecule has 1 aliphatic carbocycles. The molecule has 4 nitrogen and oxygen atoms in total. The highest BCUT2D eigenvalue weighted by atomic mass is 16.4. The summed E-state index contributed by atoms with van der Waals surface area (Å²) in [4.78, 5) is 25.0. The third kappa shape index (κ3) is 4.00. The van der Waals surface area contributed by atoms with Gasteiger partial charge in [0.05, 0.1) is 6.42 Å². The molecule has 0 heterocycles. The number of aliphatic carboxylic acids is 1. The molecule has 0 aromatic rings. The molecule has 0 atom stereocenters. The van der Waals surface area contributed by atoms with Crippen molar-refractivity contribution < 1.29 is 14.7 Å². The van der Waals surface area contributed by atoms with Gasteiger partial charge in [0.15, 0.2) is 0 Å². The molecule has 18 heavy (non-hydrogen) atoms. The molecule has 0 radical (unpaired) electrons. The zero-order valence-corrected chi connectivity index (χ0v) is 11.6. The van der Waals surface area contributed by atoms with Gasteiger partial charge in [0.25, 0.3) is 0 Å². The average Bonchev–Trinajstić information content (AvgIpc) is 2.30. The second-order valence-corrected chi connectivity index (χ2v) is 5.37. The Balaban J connectivity index is 2.71. The van der Waals surface area contributed by atoms with E-state index < -0.39 is 5.97 Å². The van der Waals surface area contributed by atoms with E-state index in [0.717, 1.165) is 25.7 Å². The zero-order chi connectivity index (χ0) is 13.6. The first-order valence-electron chi connectivity index (χ1n) is 7.02. The molecule has 104 valence electrons. The molecular formula is C14H25NO3. The lowest BCUT2D eigenvalue weighted by molar-refractivity contribution is -0.142. The third-order valence-electron chi connectivity index (χ3n) is 4.08. The fraction of sp³-hybridized carbons (Fsp3) is 0.857. The number of amides is 1. The minimum Gasteiger partial charge on any atom is -0.481 e. The van der Waals surface area contributed by atoms with E-state index in [1.54, 1.807) is 4.90 Å². The molecule has 0 saturated heterocycles. The lowest BCUT2D eigenvalue weighted by Gasteiger charge is -2.37. The number of carbonyl (C=O) groups excluding carboxylic acids is 1. The lowest BCUT2D eigenvalue weighted by atomic mass is 9.69. The Morgan fingerprint density at radius 3 is 2.06 bits per heavy atom. The normalized spacial score (nSPS) is 18.3. The van der Waals surface area contributed by atoms with Gasteiger partial charge in [0.1, 0.15) is 0 Å². The van der Waals surface area contributed by atoms with E-state index in [2.05, 4.69) is 0 Å². The number of carboxylic acid groups (broad SMARTS) is 1. The molecule has 0 aromatic carbocycles. The van der Waals surface area contributed by atoms with Crippen molar-refractivity contribution in [3.63, 3.8) is 0 Å². The van der Waals surface area contributed by atoms with Crippen LogP contribution in [0.2, 0.25) is 0 Å². The molecular weight excluding hydrogens is 230 g/mol. The maximum Gasteiger partial charge on any atom is 0.303 e. The summed E-state index contributed by atoms with van der Waals surface area (Å²) in [5.41, 5.74) is -0.288. The van der Waals surface area contributed by atoms with Crippen LogP contribution in [0.25, 0.3) is 0 Å². The Morgan fingerprint density at radius 2 is 1.61 bits per heavy atom. The molecule has 1 saturated carbocycles. The molecule has 0 unspecified atom stereocenters. The molecule has 0 aliphatic heterocycles. The van der Waals surface area contributed by atoms with Crippen molar-refractivity contribution in [3.8, 4) is 0 Å². The van der Waals surface area contributed by atoms with Gasteiger partial charge in [-0.3, -0.25) is 9.59 Å². The van der Waals surface area contributed by atoms with Gasteiger partial charge < -0.3 is 10.0 Å². The molecule has 0 aromatic heterocycles. The predicted octanol–water partition coefficient (Wildman–Crippen LogP) is 2.67. The van der Waals surface area contributed by atoms with E-state index >= 15 is 0 Å². The number of carbonyl (C=O) groups is 2. The first-order chi connectivity index (χ1) is 8.53. The SMILES string of the molecule is CCN(CC)C(=O)CC1(CC(=O)O)CCCCC1. The molecule has 1 rings (SSSR count). The third-order valence-corrected chi connectivity index (χ3v) is 4.08. The standard InChI is InChI=1S/C14H25NO3/c1-3-15(4-2)12(16)10-14(11-13(17)18)8-6-5-7-9-14/h3-11H2,1-2H3,(H,17,18). The molecule has 1 fully saturated rings. The van der Waals surface area contributed by atoms with Crippen molar-refractivity contribution in [1.29, 1.82) is 0 Å². The number of nitrogens with zero attached hydrogens (tertiary/aromatic N) is 1. The van der Waals surface area contributed by atoms with Crippen LogP contribution in [0.5, 0.6) is 0 Å². The van der Waals surface area contributed by atoms with Crippen molar-refractivity contribution in [2.24, 2.45) is 5.41 Å². The second-order valence-electron chi connectivity index (χ2n) is 5.37. The van der Waals surface area contributed by atoms with E-state index in [9.17, 15) is 9.59 Å². The largest absolute Gasteiger partial charge is 0.481 e. The lowest BCUT2D eigenvalue weighted by Crippen LogP contribution is -2.37. The fourth-order valence-corrected chi connectivity index (χ4v) is 3.05.